The van der Waals surface area contributed by atoms with Gasteiger partial charge in [-0.3, -0.25) is 4.79 Å². The highest BCUT2D eigenvalue weighted by molar-refractivity contribution is 5.86. The average molecular weight is 469 g/mol. The van der Waals surface area contributed by atoms with E-state index in [4.69, 9.17) is 4.74 Å². The van der Waals surface area contributed by atoms with Gasteiger partial charge in [0.1, 0.15) is 30.1 Å². The van der Waals surface area contributed by atoms with Crippen molar-refractivity contribution in [2.24, 2.45) is 5.92 Å². The minimum absolute atomic E-state index is 0.0141. The number of nitrogens with one attached hydrogen (secondary N) is 1. The van der Waals surface area contributed by atoms with E-state index in [0.29, 0.717) is 10.9 Å². The van der Waals surface area contributed by atoms with Gasteiger partial charge in [-0.1, -0.05) is 13.8 Å². The number of aliphatic hydroxyl groups is 3. The number of amides is 1. The van der Waals surface area contributed by atoms with Crippen molar-refractivity contribution in [2.75, 3.05) is 6.61 Å². The van der Waals surface area contributed by atoms with E-state index in [1.54, 1.807) is 13.8 Å². The van der Waals surface area contributed by atoms with Crippen molar-refractivity contribution < 1.29 is 34.8 Å². The van der Waals surface area contributed by atoms with Gasteiger partial charge in [0.2, 0.25) is 11.7 Å². The Kier molecular flexibility index (Phi) is 7.17. The Morgan fingerprint density at radius 1 is 1.26 bits per heavy atom. The van der Waals surface area contributed by atoms with Gasteiger partial charge in [0.25, 0.3) is 0 Å². The van der Waals surface area contributed by atoms with Gasteiger partial charge in [0.05, 0.1) is 35.8 Å². The van der Waals surface area contributed by atoms with Gasteiger partial charge >= 0.3 is 5.97 Å². The molecule has 0 fully saturated rings. The standard InChI is InChI=1S/C22H23N5O7/c1-10(2)21(31)25-18-14(6-17(22(32)33)34-20(18)19(30)16(29)9-28)27-15(8-24)12-5-11(7-23)3-4-13(12)26-27/h3-6,10,14,16,18-20,28-30H,9H2,1-2H3,(H,25,31)(H,32,33)/t14-,16+,18+,19+,20+/m0/s1. The van der Waals surface area contributed by atoms with E-state index in [0.717, 1.165) is 6.08 Å². The number of rotatable bonds is 7. The third-order valence-corrected chi connectivity index (χ3v) is 5.48. The first-order valence-electron chi connectivity index (χ1n) is 10.3. The summed E-state index contributed by atoms with van der Waals surface area (Å²) in [6, 6.07) is 6.13. The summed E-state index contributed by atoms with van der Waals surface area (Å²) < 4.78 is 6.61. The second-order valence-corrected chi connectivity index (χ2v) is 8.09. The lowest BCUT2D eigenvalue weighted by atomic mass is 9.91. The van der Waals surface area contributed by atoms with Crippen molar-refractivity contribution in [1.29, 1.82) is 10.5 Å². The van der Waals surface area contributed by atoms with E-state index in [1.165, 1.54) is 22.9 Å². The molecule has 0 saturated heterocycles. The maximum Gasteiger partial charge on any atom is 0.370 e. The number of hydrogen-bond acceptors (Lipinski definition) is 9. The molecule has 3 rings (SSSR count). The van der Waals surface area contributed by atoms with Crippen LogP contribution in [0.3, 0.4) is 0 Å². The smallest absolute Gasteiger partial charge is 0.370 e. The Morgan fingerprint density at radius 3 is 2.53 bits per heavy atom. The summed E-state index contributed by atoms with van der Waals surface area (Å²) in [5.41, 5.74) is 0.606. The van der Waals surface area contributed by atoms with Crippen LogP contribution < -0.4 is 5.32 Å². The second kappa shape index (κ2) is 9.89. The molecule has 0 saturated carbocycles. The number of aliphatic hydroxyl groups excluding tert-OH is 3. The number of carboxylic acid groups (broad SMARTS) is 1. The molecule has 178 valence electrons. The zero-order chi connectivity index (χ0) is 25.2. The number of ether oxygens (including phenoxy) is 1. The van der Waals surface area contributed by atoms with Crippen molar-refractivity contribution in [1.82, 2.24) is 15.1 Å². The monoisotopic (exact) mass is 469 g/mol. The summed E-state index contributed by atoms with van der Waals surface area (Å²) in [7, 11) is 0. The molecular weight excluding hydrogens is 446 g/mol. The van der Waals surface area contributed by atoms with Crippen LogP contribution in [0, 0.1) is 28.6 Å². The van der Waals surface area contributed by atoms with E-state index in [-0.39, 0.29) is 11.3 Å². The molecule has 0 radical (unpaired) electrons. The maximum atomic E-state index is 12.6. The Morgan fingerprint density at radius 2 is 1.97 bits per heavy atom. The highest BCUT2D eigenvalue weighted by Gasteiger charge is 2.45. The van der Waals surface area contributed by atoms with E-state index in [1.807, 2.05) is 12.1 Å². The molecule has 1 aliphatic rings. The SMILES string of the molecule is CC(C)C(=O)N[C@H]1[C@H]([C@H](O)[C@H](O)CO)OC(C(=O)O)=C[C@@H]1n1nc2ccc(C#N)cc2c1C#N. The minimum atomic E-state index is -1.80. The average Bonchev–Trinajstić information content (AvgIpc) is 3.20. The number of nitrogens with zero attached hydrogens (tertiary/aromatic N) is 4. The molecule has 0 aliphatic carbocycles. The third-order valence-electron chi connectivity index (χ3n) is 5.48. The molecule has 1 aromatic carbocycles. The van der Waals surface area contributed by atoms with Gasteiger partial charge in [-0.05, 0) is 24.3 Å². The first kappa shape index (κ1) is 24.7. The zero-order valence-electron chi connectivity index (χ0n) is 18.3. The molecule has 5 N–H and O–H groups in total. The van der Waals surface area contributed by atoms with Crippen LogP contribution in [0.25, 0.3) is 10.9 Å². The topological polar surface area (TPSA) is 202 Å². The van der Waals surface area contributed by atoms with Gasteiger partial charge in [-0.15, -0.1) is 0 Å². The van der Waals surface area contributed by atoms with Gasteiger partial charge in [0, 0.05) is 11.3 Å². The van der Waals surface area contributed by atoms with E-state index < -0.39 is 60.6 Å². The molecule has 0 unspecified atom stereocenters. The van der Waals surface area contributed by atoms with Crippen LogP contribution in [0.2, 0.25) is 0 Å². The van der Waals surface area contributed by atoms with Gasteiger partial charge < -0.3 is 30.5 Å². The number of fused-ring (bicyclic) bond motifs is 1. The van der Waals surface area contributed by atoms with Crippen molar-refractivity contribution in [3.05, 3.63) is 41.3 Å². The first-order valence-corrected chi connectivity index (χ1v) is 10.3. The predicted octanol–water partition coefficient (Wildman–Crippen LogP) is -0.457. The molecule has 2 heterocycles. The van der Waals surface area contributed by atoms with Crippen molar-refractivity contribution >= 4 is 22.8 Å². The van der Waals surface area contributed by atoms with E-state index in [9.17, 15) is 40.5 Å². The number of carboxylic acids is 1. The van der Waals surface area contributed by atoms with Gasteiger partial charge in [-0.25, -0.2) is 9.48 Å². The van der Waals surface area contributed by atoms with Gasteiger partial charge in [0.15, 0.2) is 0 Å². The number of benzene rings is 1. The molecule has 0 bridgehead atoms. The van der Waals surface area contributed by atoms with Crippen LogP contribution in [0.1, 0.15) is 31.1 Å². The minimum Gasteiger partial charge on any atom is -0.478 e. The fourth-order valence-corrected chi connectivity index (χ4v) is 3.66. The third kappa shape index (κ3) is 4.56. The van der Waals surface area contributed by atoms with Crippen molar-refractivity contribution in [3.8, 4) is 12.1 Å². The number of carbonyl (C=O) groups excluding carboxylic acids is 1. The normalized spacial score (nSPS) is 21.6. The molecule has 1 aromatic heterocycles. The maximum absolute atomic E-state index is 12.6. The number of nitriles is 2. The summed E-state index contributed by atoms with van der Waals surface area (Å²) in [5.74, 6) is -3.06. The van der Waals surface area contributed by atoms with Crippen LogP contribution >= 0.6 is 0 Å². The highest BCUT2D eigenvalue weighted by Crippen LogP contribution is 2.33. The summed E-state index contributed by atoms with van der Waals surface area (Å²) >= 11 is 0. The fourth-order valence-electron chi connectivity index (χ4n) is 3.66. The number of aliphatic carboxylic acids is 1. The van der Waals surface area contributed by atoms with E-state index >= 15 is 0 Å². The molecule has 2 aromatic rings. The molecule has 5 atom stereocenters. The number of carbonyl (C=O) groups is 2. The Balaban J connectivity index is 2.24. The molecule has 1 amide bonds. The predicted molar refractivity (Wildman–Crippen MR) is 115 cm³/mol. The Hall–Kier alpha value is -3.97. The summed E-state index contributed by atoms with van der Waals surface area (Å²) in [6.45, 7) is 2.38. The Labute approximate surface area is 193 Å². The number of aromatic nitrogens is 2. The molecule has 1 aliphatic heterocycles. The van der Waals surface area contributed by atoms with Crippen LogP contribution in [0.5, 0.6) is 0 Å². The highest BCUT2D eigenvalue weighted by atomic mass is 16.5. The van der Waals surface area contributed by atoms with Gasteiger partial charge in [-0.2, -0.15) is 15.6 Å². The summed E-state index contributed by atoms with van der Waals surface area (Å²) in [6.07, 6.45) is -3.88. The molecular formula is C22H23N5O7. The zero-order valence-corrected chi connectivity index (χ0v) is 18.3. The molecule has 12 heteroatoms. The molecule has 34 heavy (non-hydrogen) atoms. The van der Waals surface area contributed by atoms with Crippen molar-refractivity contribution in [2.45, 2.75) is 44.2 Å². The van der Waals surface area contributed by atoms with Crippen LogP contribution in [0.15, 0.2) is 30.0 Å². The first-order chi connectivity index (χ1) is 16.1. The quantitative estimate of drug-likeness (QED) is 0.353. The summed E-state index contributed by atoms with van der Waals surface area (Å²) in [4.78, 5) is 24.4. The lowest BCUT2D eigenvalue weighted by Gasteiger charge is -2.40. The molecule has 12 nitrogen and oxygen atoms in total. The van der Waals surface area contributed by atoms with Crippen LogP contribution in [-0.2, 0) is 14.3 Å². The van der Waals surface area contributed by atoms with Crippen molar-refractivity contribution in [3.63, 3.8) is 0 Å². The Bertz CT molecular complexity index is 1220. The lowest BCUT2D eigenvalue weighted by molar-refractivity contribution is -0.147. The van der Waals surface area contributed by atoms with E-state index in [2.05, 4.69) is 10.4 Å². The number of hydrogen-bond donors (Lipinski definition) is 5. The summed E-state index contributed by atoms with van der Waals surface area (Å²) in [5, 5.41) is 66.0. The van der Waals surface area contributed by atoms with Crippen LogP contribution in [-0.4, -0.2) is 73.0 Å². The van der Waals surface area contributed by atoms with Crippen LogP contribution in [0.4, 0.5) is 0 Å². The second-order valence-electron chi connectivity index (χ2n) is 8.09. The molecule has 0 spiro atoms. The largest absolute Gasteiger partial charge is 0.478 e. The fraction of sp³-hybridized carbons (Fsp3) is 0.409. The lowest BCUT2D eigenvalue weighted by Crippen LogP contribution is -2.59.